The molecule has 0 bridgehead atoms. The largest absolute Gasteiger partial charge is 0.452 e. The van der Waals surface area contributed by atoms with Crippen molar-refractivity contribution < 1.29 is 28.8 Å². The number of rotatable bonds is 7. The monoisotopic (exact) mass is 423 g/mol. The number of nitrogens with one attached hydrogen (secondary N) is 1. The zero-order chi connectivity index (χ0) is 22.7. The van der Waals surface area contributed by atoms with E-state index in [-0.39, 0.29) is 28.9 Å². The minimum Gasteiger partial charge on any atom is -0.452 e. The maximum absolute atomic E-state index is 12.3. The van der Waals surface area contributed by atoms with Gasteiger partial charge in [0.05, 0.1) is 21.6 Å². The molecule has 3 rings (SSSR count). The fraction of sp³-hybridized carbons (Fsp3) is 0.143. The second-order valence-corrected chi connectivity index (χ2v) is 6.65. The zero-order valence-corrected chi connectivity index (χ0v) is 16.4. The summed E-state index contributed by atoms with van der Waals surface area (Å²) in [5.74, 6) is -2.51. The second kappa shape index (κ2) is 8.57. The molecule has 0 aromatic heterocycles. The maximum Gasteiger partial charge on any atom is 0.338 e. The smallest absolute Gasteiger partial charge is 0.338 e. The van der Waals surface area contributed by atoms with Crippen molar-refractivity contribution in [2.45, 2.75) is 6.92 Å². The van der Waals surface area contributed by atoms with E-state index in [1.807, 2.05) is 0 Å². The molecule has 1 aliphatic heterocycles. The Labute approximate surface area is 176 Å². The number of nitrogens with zero attached hydrogens (tertiary/aromatic N) is 2. The summed E-state index contributed by atoms with van der Waals surface area (Å²) in [5, 5.41) is 13.3. The molecule has 0 aliphatic carbocycles. The average Bonchev–Trinajstić information content (AvgIpc) is 2.98. The molecule has 0 saturated carbocycles. The summed E-state index contributed by atoms with van der Waals surface area (Å²) in [5.41, 5.74) is 0.968. The Balaban J connectivity index is 1.64. The van der Waals surface area contributed by atoms with Crippen LogP contribution in [0.2, 0.25) is 0 Å². The molecule has 0 fully saturated rings. The first-order valence-corrected chi connectivity index (χ1v) is 9.06. The summed E-state index contributed by atoms with van der Waals surface area (Å²) in [7, 11) is 0. The lowest BCUT2D eigenvalue weighted by atomic mass is 10.1. The minimum absolute atomic E-state index is 0.0136. The van der Waals surface area contributed by atoms with E-state index in [9.17, 15) is 29.3 Å². The summed E-state index contributed by atoms with van der Waals surface area (Å²) in [4.78, 5) is 60.1. The third-order valence-corrected chi connectivity index (χ3v) is 4.55. The molecular formula is C21H17N3O7. The van der Waals surface area contributed by atoms with Crippen LogP contribution in [0.25, 0.3) is 0 Å². The van der Waals surface area contributed by atoms with E-state index in [0.29, 0.717) is 11.3 Å². The van der Waals surface area contributed by atoms with Gasteiger partial charge in [-0.15, -0.1) is 6.58 Å². The molecule has 0 unspecified atom stereocenters. The van der Waals surface area contributed by atoms with E-state index in [1.165, 1.54) is 42.5 Å². The molecule has 0 radical (unpaired) electrons. The molecule has 0 saturated heterocycles. The van der Waals surface area contributed by atoms with Crippen LogP contribution < -0.4 is 5.32 Å². The standard InChI is InChI=1S/C21H17N3O7/c1-3-8-23-19(26)15-6-4-13(10-16(15)20(23)27)21(28)31-11-18(25)22-17-7-5-14(24(29)30)9-12(17)2/h3-7,9-10H,1,8,11H2,2H3,(H,22,25). The van der Waals surface area contributed by atoms with E-state index in [2.05, 4.69) is 11.9 Å². The van der Waals surface area contributed by atoms with Gasteiger partial charge in [0, 0.05) is 24.4 Å². The summed E-state index contributed by atoms with van der Waals surface area (Å²) in [6, 6.07) is 7.87. The van der Waals surface area contributed by atoms with E-state index in [4.69, 9.17) is 4.74 Å². The quantitative estimate of drug-likeness (QED) is 0.237. The van der Waals surface area contributed by atoms with Crippen LogP contribution in [0, 0.1) is 17.0 Å². The van der Waals surface area contributed by atoms with Gasteiger partial charge in [0.15, 0.2) is 6.61 Å². The van der Waals surface area contributed by atoms with Crippen LogP contribution in [-0.4, -0.2) is 46.7 Å². The van der Waals surface area contributed by atoms with E-state index < -0.39 is 35.2 Å². The molecule has 2 aromatic rings. The van der Waals surface area contributed by atoms with Crippen LogP contribution in [0.4, 0.5) is 11.4 Å². The number of non-ortho nitro benzene ring substituents is 1. The first-order valence-electron chi connectivity index (χ1n) is 9.06. The molecule has 158 valence electrons. The lowest BCUT2D eigenvalue weighted by Gasteiger charge is -2.09. The Morgan fingerprint density at radius 1 is 1.16 bits per heavy atom. The Morgan fingerprint density at radius 3 is 2.52 bits per heavy atom. The van der Waals surface area contributed by atoms with Crippen molar-refractivity contribution in [3.8, 4) is 0 Å². The average molecular weight is 423 g/mol. The maximum atomic E-state index is 12.3. The molecule has 31 heavy (non-hydrogen) atoms. The van der Waals surface area contributed by atoms with Crippen LogP contribution in [0.15, 0.2) is 49.1 Å². The van der Waals surface area contributed by atoms with Gasteiger partial charge < -0.3 is 10.1 Å². The normalized spacial score (nSPS) is 12.4. The molecule has 1 N–H and O–H groups in total. The molecule has 10 nitrogen and oxygen atoms in total. The van der Waals surface area contributed by atoms with E-state index in [0.717, 1.165) is 4.90 Å². The SMILES string of the molecule is C=CCN1C(=O)c2ccc(C(=O)OCC(=O)Nc3ccc([N+](=O)[O-])cc3C)cc2C1=O. The van der Waals surface area contributed by atoms with Crippen molar-refractivity contribution in [2.24, 2.45) is 0 Å². The number of imide groups is 1. The van der Waals surface area contributed by atoms with Gasteiger partial charge in [-0.3, -0.25) is 29.4 Å². The van der Waals surface area contributed by atoms with Crippen LogP contribution >= 0.6 is 0 Å². The highest BCUT2D eigenvalue weighted by atomic mass is 16.6. The molecule has 2 aromatic carbocycles. The van der Waals surface area contributed by atoms with Gasteiger partial charge in [-0.2, -0.15) is 0 Å². The number of carbonyl (C=O) groups excluding carboxylic acids is 4. The summed E-state index contributed by atoms with van der Waals surface area (Å²) in [6.07, 6.45) is 1.42. The van der Waals surface area contributed by atoms with Gasteiger partial charge >= 0.3 is 5.97 Å². The molecule has 0 atom stereocenters. The highest BCUT2D eigenvalue weighted by molar-refractivity contribution is 6.22. The molecule has 0 spiro atoms. The summed E-state index contributed by atoms with van der Waals surface area (Å²) >= 11 is 0. The summed E-state index contributed by atoms with van der Waals surface area (Å²) in [6.45, 7) is 4.53. The number of ether oxygens (including phenoxy) is 1. The Kier molecular flexibility index (Phi) is 5.91. The first-order chi connectivity index (χ1) is 14.7. The Morgan fingerprint density at radius 2 is 1.87 bits per heavy atom. The predicted molar refractivity (Wildman–Crippen MR) is 109 cm³/mol. The van der Waals surface area contributed by atoms with Crippen molar-refractivity contribution in [1.29, 1.82) is 0 Å². The number of anilines is 1. The van der Waals surface area contributed by atoms with Gasteiger partial charge in [-0.1, -0.05) is 6.08 Å². The topological polar surface area (TPSA) is 136 Å². The molecule has 3 amide bonds. The van der Waals surface area contributed by atoms with Gasteiger partial charge in [-0.25, -0.2) is 4.79 Å². The van der Waals surface area contributed by atoms with Crippen molar-refractivity contribution in [2.75, 3.05) is 18.5 Å². The lowest BCUT2D eigenvalue weighted by Crippen LogP contribution is -2.29. The number of benzene rings is 2. The van der Waals surface area contributed by atoms with Crippen LogP contribution in [0.1, 0.15) is 36.6 Å². The number of aryl methyl sites for hydroxylation is 1. The number of esters is 1. The zero-order valence-electron chi connectivity index (χ0n) is 16.4. The number of hydrogen-bond donors (Lipinski definition) is 1. The van der Waals surface area contributed by atoms with E-state index in [1.54, 1.807) is 6.92 Å². The third-order valence-electron chi connectivity index (χ3n) is 4.55. The highest BCUT2D eigenvalue weighted by Crippen LogP contribution is 2.24. The second-order valence-electron chi connectivity index (χ2n) is 6.65. The van der Waals surface area contributed by atoms with Crippen molar-refractivity contribution in [1.82, 2.24) is 4.90 Å². The van der Waals surface area contributed by atoms with Gasteiger partial charge in [0.1, 0.15) is 0 Å². The molecule has 1 aliphatic rings. The Bertz CT molecular complexity index is 1140. The fourth-order valence-electron chi connectivity index (χ4n) is 3.01. The van der Waals surface area contributed by atoms with Gasteiger partial charge in [0.25, 0.3) is 23.4 Å². The Hall–Kier alpha value is -4.34. The first kappa shape index (κ1) is 21.4. The number of fused-ring (bicyclic) bond motifs is 1. The third kappa shape index (κ3) is 4.32. The number of nitro benzene ring substituents is 1. The molecular weight excluding hydrogens is 406 g/mol. The number of amides is 3. The van der Waals surface area contributed by atoms with Crippen LogP contribution in [-0.2, 0) is 9.53 Å². The molecule has 1 heterocycles. The van der Waals surface area contributed by atoms with Crippen LogP contribution in [0.3, 0.4) is 0 Å². The van der Waals surface area contributed by atoms with Crippen molar-refractivity contribution in [3.05, 3.63) is 81.4 Å². The number of nitro groups is 1. The van der Waals surface area contributed by atoms with Crippen LogP contribution in [0.5, 0.6) is 0 Å². The number of hydrogen-bond acceptors (Lipinski definition) is 7. The summed E-state index contributed by atoms with van der Waals surface area (Å²) < 4.78 is 4.97. The van der Waals surface area contributed by atoms with Gasteiger partial charge in [0.2, 0.25) is 0 Å². The fourth-order valence-corrected chi connectivity index (χ4v) is 3.01. The molecule has 10 heteroatoms. The van der Waals surface area contributed by atoms with E-state index >= 15 is 0 Å². The lowest BCUT2D eigenvalue weighted by molar-refractivity contribution is -0.384. The van der Waals surface area contributed by atoms with Gasteiger partial charge in [-0.05, 0) is 36.8 Å². The van der Waals surface area contributed by atoms with Crippen molar-refractivity contribution in [3.63, 3.8) is 0 Å². The highest BCUT2D eigenvalue weighted by Gasteiger charge is 2.35. The predicted octanol–water partition coefficient (Wildman–Crippen LogP) is 2.48. The minimum atomic E-state index is -0.846. The number of carbonyl (C=O) groups is 4. The van der Waals surface area contributed by atoms with Crippen molar-refractivity contribution >= 4 is 35.1 Å².